The molecule has 0 radical (unpaired) electrons. The van der Waals surface area contributed by atoms with Crippen molar-refractivity contribution in [2.75, 3.05) is 31.4 Å². The van der Waals surface area contributed by atoms with Crippen LogP contribution in [0.1, 0.15) is 5.56 Å². The van der Waals surface area contributed by atoms with Gasteiger partial charge >= 0.3 is 6.61 Å². The van der Waals surface area contributed by atoms with Gasteiger partial charge < -0.3 is 25.4 Å². The molecular weight excluding hydrogens is 456 g/mol. The predicted molar refractivity (Wildman–Crippen MR) is 117 cm³/mol. The van der Waals surface area contributed by atoms with Gasteiger partial charge in [0, 0.05) is 12.1 Å². The van der Waals surface area contributed by atoms with Gasteiger partial charge in [-0.05, 0) is 48.4 Å². The molecule has 33 heavy (non-hydrogen) atoms. The minimum atomic E-state index is -2.90. The number of nitrogens with two attached hydrogens (primary N) is 1. The van der Waals surface area contributed by atoms with Gasteiger partial charge in [0.2, 0.25) is 11.1 Å². The number of nitrogens with one attached hydrogen (secondary N) is 1. The highest BCUT2D eigenvalue weighted by Gasteiger charge is 2.15. The first-order chi connectivity index (χ1) is 16.0. The smallest absolute Gasteiger partial charge is 0.387 e. The van der Waals surface area contributed by atoms with E-state index in [2.05, 4.69) is 20.3 Å². The van der Waals surface area contributed by atoms with Gasteiger partial charge in [-0.1, -0.05) is 17.8 Å². The average Bonchev–Trinajstić information content (AvgIpc) is 3.18. The SMILES string of the molecule is Nn1c(SCC(=O)NCCc2ccc3c(c2)OCCO3)nnc1-c1ccc(OC(F)F)cc1. The zero-order valence-electron chi connectivity index (χ0n) is 17.4. The van der Waals surface area contributed by atoms with Crippen LogP contribution in [0.15, 0.2) is 47.6 Å². The van der Waals surface area contributed by atoms with Crippen LogP contribution >= 0.6 is 11.8 Å². The minimum absolute atomic E-state index is 0.0272. The van der Waals surface area contributed by atoms with E-state index in [9.17, 15) is 13.6 Å². The van der Waals surface area contributed by atoms with E-state index in [1.807, 2.05) is 18.2 Å². The van der Waals surface area contributed by atoms with E-state index >= 15 is 0 Å². The van der Waals surface area contributed by atoms with E-state index in [4.69, 9.17) is 15.3 Å². The maximum absolute atomic E-state index is 12.3. The summed E-state index contributed by atoms with van der Waals surface area (Å²) in [5.41, 5.74) is 1.60. The molecule has 9 nitrogen and oxygen atoms in total. The van der Waals surface area contributed by atoms with Gasteiger partial charge in [-0.3, -0.25) is 4.79 Å². The highest BCUT2D eigenvalue weighted by molar-refractivity contribution is 7.99. The first-order valence-electron chi connectivity index (χ1n) is 10.0. The molecule has 0 saturated heterocycles. The summed E-state index contributed by atoms with van der Waals surface area (Å²) < 4.78 is 41.2. The molecule has 4 rings (SSSR count). The Morgan fingerprint density at radius 2 is 1.91 bits per heavy atom. The molecule has 0 saturated carbocycles. The van der Waals surface area contributed by atoms with Gasteiger partial charge in [0.25, 0.3) is 0 Å². The van der Waals surface area contributed by atoms with Crippen LogP contribution in [0.4, 0.5) is 8.78 Å². The number of benzene rings is 2. The first kappa shape index (κ1) is 22.6. The summed E-state index contributed by atoms with van der Waals surface area (Å²) in [6, 6.07) is 11.6. The van der Waals surface area contributed by atoms with Gasteiger partial charge in [-0.15, -0.1) is 10.2 Å². The molecule has 174 valence electrons. The molecule has 0 aliphatic carbocycles. The number of nitrogen functional groups attached to an aromatic ring is 1. The normalized spacial score (nSPS) is 12.6. The molecule has 0 spiro atoms. The van der Waals surface area contributed by atoms with Crippen LogP contribution in [0.5, 0.6) is 17.2 Å². The van der Waals surface area contributed by atoms with Crippen LogP contribution in [-0.2, 0) is 11.2 Å². The topological polar surface area (TPSA) is 114 Å². The highest BCUT2D eigenvalue weighted by atomic mass is 32.2. The summed E-state index contributed by atoms with van der Waals surface area (Å²) in [5, 5.41) is 11.2. The van der Waals surface area contributed by atoms with E-state index < -0.39 is 6.61 Å². The number of halogens is 2. The largest absolute Gasteiger partial charge is 0.486 e. The number of amides is 1. The Labute approximate surface area is 192 Å². The van der Waals surface area contributed by atoms with Crippen LogP contribution < -0.4 is 25.4 Å². The zero-order valence-corrected chi connectivity index (χ0v) is 18.2. The van der Waals surface area contributed by atoms with Crippen LogP contribution in [0.3, 0.4) is 0 Å². The Balaban J connectivity index is 1.25. The highest BCUT2D eigenvalue weighted by Crippen LogP contribution is 2.30. The molecule has 12 heteroatoms. The molecular formula is C21H21F2N5O4S. The third-order valence-corrected chi connectivity index (χ3v) is 5.62. The lowest BCUT2D eigenvalue weighted by molar-refractivity contribution is -0.118. The Kier molecular flexibility index (Phi) is 7.13. The number of ether oxygens (including phenoxy) is 3. The van der Waals surface area contributed by atoms with Gasteiger partial charge in [0.1, 0.15) is 19.0 Å². The fourth-order valence-electron chi connectivity index (χ4n) is 3.13. The van der Waals surface area contributed by atoms with Gasteiger partial charge in [0.05, 0.1) is 5.75 Å². The van der Waals surface area contributed by atoms with Crippen LogP contribution in [0.25, 0.3) is 11.4 Å². The molecule has 0 bridgehead atoms. The fraction of sp³-hybridized carbons (Fsp3) is 0.286. The standard InChI is InChI=1S/C21H21F2N5O4S/c22-20(23)32-15-4-2-14(3-5-15)19-26-27-21(28(19)24)33-12-18(29)25-8-7-13-1-6-16-17(11-13)31-10-9-30-16/h1-6,11,20H,7-10,12,24H2,(H,25,29). The van der Waals surface area contributed by atoms with Crippen molar-refractivity contribution in [3.63, 3.8) is 0 Å². The molecule has 2 heterocycles. The molecule has 1 aliphatic rings. The van der Waals surface area contributed by atoms with Crippen molar-refractivity contribution < 1.29 is 27.8 Å². The van der Waals surface area contributed by atoms with Crippen molar-refractivity contribution in [1.82, 2.24) is 20.2 Å². The lowest BCUT2D eigenvalue weighted by Gasteiger charge is -2.18. The summed E-state index contributed by atoms with van der Waals surface area (Å²) in [6.07, 6.45) is 0.648. The van der Waals surface area contributed by atoms with E-state index in [0.717, 1.165) is 28.8 Å². The maximum atomic E-state index is 12.3. The number of carbonyl (C=O) groups is 1. The number of carbonyl (C=O) groups excluding carboxylic acids is 1. The molecule has 0 unspecified atom stereocenters. The van der Waals surface area contributed by atoms with E-state index in [1.165, 1.54) is 16.8 Å². The van der Waals surface area contributed by atoms with Crippen molar-refractivity contribution in [2.45, 2.75) is 18.2 Å². The summed E-state index contributed by atoms with van der Waals surface area (Å²) in [7, 11) is 0. The average molecular weight is 477 g/mol. The van der Waals surface area contributed by atoms with Crippen molar-refractivity contribution in [3.05, 3.63) is 48.0 Å². The molecule has 1 aromatic heterocycles. The van der Waals surface area contributed by atoms with Gasteiger partial charge in [0.15, 0.2) is 17.3 Å². The van der Waals surface area contributed by atoms with E-state index in [1.54, 1.807) is 12.1 Å². The molecule has 0 fully saturated rings. The molecule has 3 N–H and O–H groups in total. The Morgan fingerprint density at radius 3 is 2.67 bits per heavy atom. The van der Waals surface area contributed by atoms with Crippen molar-refractivity contribution >= 4 is 17.7 Å². The van der Waals surface area contributed by atoms with Crippen LogP contribution in [0.2, 0.25) is 0 Å². The molecule has 1 amide bonds. The number of fused-ring (bicyclic) bond motifs is 1. The summed E-state index contributed by atoms with van der Waals surface area (Å²) >= 11 is 1.14. The number of hydrogen-bond acceptors (Lipinski definition) is 8. The summed E-state index contributed by atoms with van der Waals surface area (Å²) in [6.45, 7) is -1.37. The van der Waals surface area contributed by atoms with E-state index in [0.29, 0.717) is 42.7 Å². The van der Waals surface area contributed by atoms with Crippen molar-refractivity contribution in [1.29, 1.82) is 0 Å². The molecule has 3 aromatic rings. The summed E-state index contributed by atoms with van der Waals surface area (Å²) in [5.74, 6) is 7.78. The number of aromatic nitrogens is 3. The molecule has 0 atom stereocenters. The molecule has 2 aromatic carbocycles. The predicted octanol–water partition coefficient (Wildman–Crippen LogP) is 2.48. The first-order valence-corrected chi connectivity index (χ1v) is 11.0. The Morgan fingerprint density at radius 1 is 1.15 bits per heavy atom. The van der Waals surface area contributed by atoms with Crippen LogP contribution in [0, 0.1) is 0 Å². The molecule has 1 aliphatic heterocycles. The quantitative estimate of drug-likeness (QED) is 0.357. The third-order valence-electron chi connectivity index (χ3n) is 4.68. The second kappa shape index (κ2) is 10.4. The van der Waals surface area contributed by atoms with Crippen molar-refractivity contribution in [3.8, 4) is 28.6 Å². The maximum Gasteiger partial charge on any atom is 0.387 e. The number of nitrogens with zero attached hydrogens (tertiary/aromatic N) is 3. The fourth-order valence-corrected chi connectivity index (χ4v) is 3.81. The van der Waals surface area contributed by atoms with E-state index in [-0.39, 0.29) is 17.4 Å². The Hall–Kier alpha value is -3.54. The van der Waals surface area contributed by atoms with Crippen LogP contribution in [-0.4, -0.2) is 52.9 Å². The number of alkyl halides is 2. The number of thioether (sulfide) groups is 1. The lowest BCUT2D eigenvalue weighted by atomic mass is 10.1. The zero-order chi connectivity index (χ0) is 23.2. The monoisotopic (exact) mass is 477 g/mol. The summed E-state index contributed by atoms with van der Waals surface area (Å²) in [4.78, 5) is 12.2. The number of hydrogen-bond donors (Lipinski definition) is 2. The van der Waals surface area contributed by atoms with Gasteiger partial charge in [-0.25, -0.2) is 4.68 Å². The Bertz CT molecular complexity index is 1110. The van der Waals surface area contributed by atoms with Crippen molar-refractivity contribution in [2.24, 2.45) is 0 Å². The second-order valence-corrected chi connectivity index (χ2v) is 7.89. The second-order valence-electron chi connectivity index (χ2n) is 6.95. The minimum Gasteiger partial charge on any atom is -0.486 e. The number of rotatable bonds is 9. The lowest BCUT2D eigenvalue weighted by Crippen LogP contribution is -2.27. The van der Waals surface area contributed by atoms with Gasteiger partial charge in [-0.2, -0.15) is 8.78 Å². The third kappa shape index (κ3) is 5.83.